The minimum atomic E-state index is -0.656. The number of aliphatic hydroxyl groups excluding tert-OH is 1. The van der Waals surface area contributed by atoms with Crippen molar-refractivity contribution < 1.29 is 7.85 Å². The van der Waals surface area contributed by atoms with Crippen LogP contribution in [0.3, 0.4) is 0 Å². The van der Waals surface area contributed by atoms with Crippen molar-refractivity contribution in [3.8, 4) is 0 Å². The van der Waals surface area contributed by atoms with Gasteiger partial charge in [0.15, 0.2) is 0 Å². The van der Waals surface area contributed by atoms with Crippen molar-refractivity contribution in [1.82, 2.24) is 0 Å². The van der Waals surface area contributed by atoms with Gasteiger partial charge in [-0.15, -0.1) is 0 Å². The summed E-state index contributed by atoms with van der Waals surface area (Å²) in [6.45, 7) is 12.1. The SMILES string of the molecule is [3H]C1C([3H])[C@@]2(C)C(=CC[C@H]3[C@@H]4CC[C@H]([C@H](C)CCCC(C)C)[C@@]4(C)CC[C@@H]32)C[C@@H]1O. The molecule has 0 heterocycles. The van der Waals surface area contributed by atoms with Crippen LogP contribution in [0.15, 0.2) is 11.6 Å². The summed E-state index contributed by atoms with van der Waals surface area (Å²) in [7, 11) is 0. The minimum absolute atomic E-state index is 0.198. The van der Waals surface area contributed by atoms with Crippen molar-refractivity contribution >= 4 is 0 Å². The summed E-state index contributed by atoms with van der Waals surface area (Å²) in [5.41, 5.74) is 1.57. The molecule has 1 heteroatoms. The van der Waals surface area contributed by atoms with E-state index in [-0.39, 0.29) is 5.41 Å². The van der Waals surface area contributed by atoms with Gasteiger partial charge in [0.1, 0.15) is 0 Å². The van der Waals surface area contributed by atoms with Crippen molar-refractivity contribution in [2.24, 2.45) is 46.3 Å². The quantitative estimate of drug-likeness (QED) is 0.485. The summed E-state index contributed by atoms with van der Waals surface area (Å²) in [6.07, 6.45) is 11.8. The van der Waals surface area contributed by atoms with Crippen LogP contribution in [0.2, 0.25) is 0 Å². The van der Waals surface area contributed by atoms with Crippen LogP contribution in [0.1, 0.15) is 108 Å². The van der Waals surface area contributed by atoms with E-state index >= 15 is 0 Å². The Labute approximate surface area is 177 Å². The molecule has 28 heavy (non-hydrogen) atoms. The predicted molar refractivity (Wildman–Crippen MR) is 119 cm³/mol. The number of hydrogen-bond donors (Lipinski definition) is 1. The number of rotatable bonds is 5. The summed E-state index contributed by atoms with van der Waals surface area (Å²) >= 11 is 0. The molecular formula is C27H46O. The summed E-state index contributed by atoms with van der Waals surface area (Å²) in [5.74, 6) is 4.50. The van der Waals surface area contributed by atoms with Crippen LogP contribution >= 0.6 is 0 Å². The highest BCUT2D eigenvalue weighted by Crippen LogP contribution is 2.67. The maximum Gasteiger partial charge on any atom is 0.0577 e. The lowest BCUT2D eigenvalue weighted by Gasteiger charge is -2.58. The fraction of sp³-hybridized carbons (Fsp3) is 0.926. The van der Waals surface area contributed by atoms with E-state index in [4.69, 9.17) is 2.74 Å². The molecule has 1 nitrogen and oxygen atoms in total. The molecule has 10 atom stereocenters. The molecule has 160 valence electrons. The highest BCUT2D eigenvalue weighted by molar-refractivity contribution is 5.25. The fourth-order valence-corrected chi connectivity index (χ4v) is 8.26. The normalized spacial score (nSPS) is 52.8. The summed E-state index contributed by atoms with van der Waals surface area (Å²) in [6, 6.07) is 0. The molecule has 0 aromatic carbocycles. The zero-order chi connectivity index (χ0) is 21.8. The standard InChI is InChI=1S/C27H46O/c1-18(2)7-6-8-19(3)23-11-12-24-22-10-9-20-17-21(28)13-15-26(20,4)25(22)14-16-27(23,24)5/h9,18-19,21-25,28H,6-8,10-17H2,1-5H3/t19-,21-,22+,23-,24+,25+,26+,27-/m1/s1/i13T,15T/t13?,15?,19-,21-,22+,23-,24+,25+,26+,27-. The number of allylic oxidation sites excluding steroid dienone is 1. The lowest BCUT2D eigenvalue weighted by atomic mass is 9.47. The molecule has 4 rings (SSSR count). The zero-order valence-corrected chi connectivity index (χ0v) is 19.1. The van der Waals surface area contributed by atoms with Crippen LogP contribution in [-0.4, -0.2) is 11.2 Å². The van der Waals surface area contributed by atoms with E-state index in [2.05, 4.69) is 40.7 Å². The summed E-state index contributed by atoms with van der Waals surface area (Å²) < 4.78 is 17.4. The monoisotopic (exact) mass is 390 g/mol. The average Bonchev–Trinajstić information content (AvgIpc) is 3.04. The Kier molecular flexibility index (Phi) is 5.11. The van der Waals surface area contributed by atoms with Gasteiger partial charge in [-0.25, -0.2) is 0 Å². The Hall–Kier alpha value is -0.300. The van der Waals surface area contributed by atoms with Crippen LogP contribution in [0.25, 0.3) is 0 Å². The first-order chi connectivity index (χ1) is 14.1. The topological polar surface area (TPSA) is 20.2 Å². The van der Waals surface area contributed by atoms with Gasteiger partial charge in [0.25, 0.3) is 0 Å². The van der Waals surface area contributed by atoms with Gasteiger partial charge in [-0.3, -0.25) is 0 Å². The van der Waals surface area contributed by atoms with E-state index < -0.39 is 18.9 Å². The van der Waals surface area contributed by atoms with Crippen LogP contribution in [-0.2, 0) is 0 Å². The number of aliphatic hydroxyl groups is 1. The van der Waals surface area contributed by atoms with Gasteiger partial charge in [-0.1, -0.05) is 65.5 Å². The molecule has 0 amide bonds. The van der Waals surface area contributed by atoms with E-state index in [9.17, 15) is 5.11 Å². The molecule has 4 aliphatic rings. The van der Waals surface area contributed by atoms with E-state index in [1.165, 1.54) is 50.5 Å². The summed E-state index contributed by atoms with van der Waals surface area (Å²) in [4.78, 5) is 0. The van der Waals surface area contributed by atoms with E-state index in [0.717, 1.165) is 30.1 Å². The largest absolute Gasteiger partial charge is 0.393 e. The molecule has 0 spiro atoms. The van der Waals surface area contributed by atoms with E-state index in [1.54, 1.807) is 0 Å². The third-order valence-electron chi connectivity index (χ3n) is 9.83. The maximum absolute atomic E-state index is 10.3. The van der Waals surface area contributed by atoms with Gasteiger partial charge in [0.05, 0.1) is 6.10 Å². The lowest BCUT2D eigenvalue weighted by Crippen LogP contribution is -2.50. The second-order valence-electron chi connectivity index (χ2n) is 11.8. The Morgan fingerprint density at radius 1 is 1.14 bits per heavy atom. The van der Waals surface area contributed by atoms with Crippen molar-refractivity contribution in [2.45, 2.75) is 111 Å². The molecule has 3 fully saturated rings. The van der Waals surface area contributed by atoms with Gasteiger partial charge in [-0.2, -0.15) is 0 Å². The molecule has 0 aromatic rings. The zero-order valence-electron chi connectivity index (χ0n) is 21.1. The van der Waals surface area contributed by atoms with Crippen molar-refractivity contribution in [3.63, 3.8) is 0 Å². The van der Waals surface area contributed by atoms with Gasteiger partial charge >= 0.3 is 0 Å². The molecule has 0 radical (unpaired) electrons. The second-order valence-corrected chi connectivity index (χ2v) is 11.8. The average molecular weight is 391 g/mol. The van der Waals surface area contributed by atoms with E-state index in [1.807, 2.05) is 0 Å². The Morgan fingerprint density at radius 3 is 2.68 bits per heavy atom. The molecular weight excluding hydrogens is 340 g/mol. The first-order valence-electron chi connectivity index (χ1n) is 13.5. The van der Waals surface area contributed by atoms with Gasteiger partial charge in [0.2, 0.25) is 0 Å². The number of hydrogen-bond acceptors (Lipinski definition) is 1. The number of fused-ring (bicyclic) bond motifs is 5. The van der Waals surface area contributed by atoms with Crippen LogP contribution in [0.5, 0.6) is 0 Å². The van der Waals surface area contributed by atoms with Crippen molar-refractivity contribution in [3.05, 3.63) is 11.6 Å². The van der Waals surface area contributed by atoms with Crippen LogP contribution in [0.4, 0.5) is 0 Å². The minimum Gasteiger partial charge on any atom is -0.393 e. The molecule has 0 bridgehead atoms. The predicted octanol–water partition coefficient (Wildman–Crippen LogP) is 7.39. The molecule has 2 unspecified atom stereocenters. The maximum atomic E-state index is 10.3. The Bertz CT molecular complexity index is 659. The second kappa shape index (κ2) is 7.75. The lowest BCUT2D eigenvalue weighted by molar-refractivity contribution is -0.0573. The fourth-order valence-electron chi connectivity index (χ4n) is 8.26. The van der Waals surface area contributed by atoms with Gasteiger partial charge in [0, 0.05) is 2.74 Å². The first-order valence-corrected chi connectivity index (χ1v) is 12.3. The van der Waals surface area contributed by atoms with Crippen molar-refractivity contribution in [1.29, 1.82) is 0 Å². The van der Waals surface area contributed by atoms with Crippen LogP contribution in [0, 0.1) is 46.3 Å². The molecule has 1 N–H and O–H groups in total. The molecule has 0 aliphatic heterocycles. The first kappa shape index (κ1) is 18.5. The third kappa shape index (κ3) is 3.42. The van der Waals surface area contributed by atoms with Crippen molar-refractivity contribution in [2.75, 3.05) is 0 Å². The third-order valence-corrected chi connectivity index (χ3v) is 9.83. The molecule has 3 saturated carbocycles. The molecule has 0 saturated heterocycles. The van der Waals surface area contributed by atoms with Gasteiger partial charge < -0.3 is 5.11 Å². The Morgan fingerprint density at radius 2 is 1.93 bits per heavy atom. The smallest absolute Gasteiger partial charge is 0.0577 e. The molecule has 0 aromatic heterocycles. The molecule has 4 aliphatic carbocycles. The summed E-state index contributed by atoms with van der Waals surface area (Å²) in [5, 5.41) is 10.3. The van der Waals surface area contributed by atoms with E-state index in [0.29, 0.717) is 23.7 Å². The van der Waals surface area contributed by atoms with Crippen LogP contribution < -0.4 is 0 Å². The Balaban J connectivity index is 1.53. The highest BCUT2D eigenvalue weighted by atomic mass is 16.3. The van der Waals surface area contributed by atoms with Gasteiger partial charge in [-0.05, 0) is 97.7 Å². The highest BCUT2D eigenvalue weighted by Gasteiger charge is 2.59.